The fourth-order valence-electron chi connectivity index (χ4n) is 1.43. The van der Waals surface area contributed by atoms with Gasteiger partial charge in [-0.25, -0.2) is 0 Å². The van der Waals surface area contributed by atoms with Crippen molar-refractivity contribution in [1.29, 1.82) is 5.26 Å². The second kappa shape index (κ2) is 4.08. The number of nitriles is 1. The van der Waals surface area contributed by atoms with Crippen LogP contribution in [0.5, 0.6) is 0 Å². The van der Waals surface area contributed by atoms with Gasteiger partial charge in [0.1, 0.15) is 5.92 Å². The first-order chi connectivity index (χ1) is 6.15. The summed E-state index contributed by atoms with van der Waals surface area (Å²) in [5.41, 5.74) is 1.21. The van der Waals surface area contributed by atoms with Gasteiger partial charge >= 0.3 is 0 Å². The predicted molar refractivity (Wildman–Crippen MR) is 49.7 cm³/mol. The SMILES string of the molecule is CC1=CCCN(C(=O)C(C)C#N)C1. The smallest absolute Gasteiger partial charge is 0.239 e. The van der Waals surface area contributed by atoms with E-state index in [1.54, 1.807) is 11.8 Å². The van der Waals surface area contributed by atoms with E-state index in [0.29, 0.717) is 6.54 Å². The molecule has 70 valence electrons. The van der Waals surface area contributed by atoms with Gasteiger partial charge in [0.2, 0.25) is 5.91 Å². The van der Waals surface area contributed by atoms with E-state index in [9.17, 15) is 4.79 Å². The van der Waals surface area contributed by atoms with E-state index in [4.69, 9.17) is 5.26 Å². The highest BCUT2D eigenvalue weighted by atomic mass is 16.2. The van der Waals surface area contributed by atoms with Crippen molar-refractivity contribution in [2.75, 3.05) is 13.1 Å². The molecule has 0 bridgehead atoms. The highest BCUT2D eigenvalue weighted by Gasteiger charge is 2.21. The molecule has 0 aromatic rings. The maximum absolute atomic E-state index is 11.6. The minimum atomic E-state index is -0.508. The van der Waals surface area contributed by atoms with Crippen LogP contribution in [0, 0.1) is 17.2 Å². The van der Waals surface area contributed by atoms with Gasteiger partial charge in [0.25, 0.3) is 0 Å². The fourth-order valence-corrected chi connectivity index (χ4v) is 1.43. The van der Waals surface area contributed by atoms with E-state index in [0.717, 1.165) is 13.0 Å². The monoisotopic (exact) mass is 178 g/mol. The summed E-state index contributed by atoms with van der Waals surface area (Å²) < 4.78 is 0. The highest BCUT2D eigenvalue weighted by Crippen LogP contribution is 2.11. The molecule has 0 radical (unpaired) electrons. The Morgan fingerprint density at radius 3 is 3.00 bits per heavy atom. The third kappa shape index (κ3) is 2.32. The number of rotatable bonds is 1. The van der Waals surface area contributed by atoms with Gasteiger partial charge in [-0.1, -0.05) is 11.6 Å². The molecule has 1 aliphatic heterocycles. The Morgan fingerprint density at radius 1 is 1.77 bits per heavy atom. The van der Waals surface area contributed by atoms with Crippen molar-refractivity contribution in [2.24, 2.45) is 5.92 Å². The van der Waals surface area contributed by atoms with Crippen LogP contribution < -0.4 is 0 Å². The summed E-state index contributed by atoms with van der Waals surface area (Å²) in [5, 5.41) is 8.59. The van der Waals surface area contributed by atoms with Gasteiger partial charge in [0.15, 0.2) is 0 Å². The van der Waals surface area contributed by atoms with E-state index in [1.165, 1.54) is 5.57 Å². The molecule has 0 fully saturated rings. The van der Waals surface area contributed by atoms with Crippen molar-refractivity contribution in [3.63, 3.8) is 0 Å². The van der Waals surface area contributed by atoms with Gasteiger partial charge in [0, 0.05) is 13.1 Å². The summed E-state index contributed by atoms with van der Waals surface area (Å²) in [6.45, 7) is 5.10. The number of hydrogen-bond donors (Lipinski definition) is 0. The molecule has 1 aliphatic rings. The molecule has 0 N–H and O–H groups in total. The summed E-state index contributed by atoms with van der Waals surface area (Å²) in [7, 11) is 0. The highest BCUT2D eigenvalue weighted by molar-refractivity contribution is 5.81. The minimum absolute atomic E-state index is 0.0463. The Labute approximate surface area is 78.6 Å². The van der Waals surface area contributed by atoms with E-state index < -0.39 is 5.92 Å². The van der Waals surface area contributed by atoms with E-state index in [1.807, 2.05) is 13.0 Å². The van der Waals surface area contributed by atoms with Crippen molar-refractivity contribution in [1.82, 2.24) is 4.90 Å². The van der Waals surface area contributed by atoms with Gasteiger partial charge in [-0.3, -0.25) is 4.79 Å². The lowest BCUT2D eigenvalue weighted by Gasteiger charge is -2.26. The quantitative estimate of drug-likeness (QED) is 0.568. The van der Waals surface area contributed by atoms with Crippen molar-refractivity contribution in [3.8, 4) is 6.07 Å². The number of nitrogens with zero attached hydrogens (tertiary/aromatic N) is 2. The third-order valence-corrected chi connectivity index (χ3v) is 2.21. The Balaban J connectivity index is 2.60. The van der Waals surface area contributed by atoms with Crippen LogP contribution in [0.1, 0.15) is 20.3 Å². The Kier molecular flexibility index (Phi) is 3.07. The molecule has 0 aromatic carbocycles. The molecule has 0 saturated heterocycles. The molecule has 0 saturated carbocycles. The first kappa shape index (κ1) is 9.79. The number of carbonyl (C=O) groups excluding carboxylic acids is 1. The predicted octanol–water partition coefficient (Wildman–Crippen LogP) is 1.32. The second-order valence-corrected chi connectivity index (χ2v) is 3.45. The molecule has 1 rings (SSSR count). The largest absolute Gasteiger partial charge is 0.337 e. The lowest BCUT2D eigenvalue weighted by atomic mass is 10.1. The van der Waals surface area contributed by atoms with Crippen LogP contribution in [-0.2, 0) is 4.79 Å². The standard InChI is InChI=1S/C10H14N2O/c1-8-4-3-5-12(7-8)10(13)9(2)6-11/h4,9H,3,5,7H2,1-2H3. The fraction of sp³-hybridized carbons (Fsp3) is 0.600. The van der Waals surface area contributed by atoms with Crippen molar-refractivity contribution in [3.05, 3.63) is 11.6 Å². The lowest BCUT2D eigenvalue weighted by Crippen LogP contribution is -2.38. The normalized spacial score (nSPS) is 18.8. The number of hydrogen-bond acceptors (Lipinski definition) is 2. The number of amides is 1. The molecule has 0 spiro atoms. The zero-order valence-electron chi connectivity index (χ0n) is 8.08. The lowest BCUT2D eigenvalue weighted by molar-refractivity contribution is -0.133. The molecule has 0 aliphatic carbocycles. The van der Waals surface area contributed by atoms with Crippen LogP contribution in [0.15, 0.2) is 11.6 Å². The molecule has 1 unspecified atom stereocenters. The summed E-state index contributed by atoms with van der Waals surface area (Å²) >= 11 is 0. The van der Waals surface area contributed by atoms with Crippen molar-refractivity contribution in [2.45, 2.75) is 20.3 Å². The summed E-state index contributed by atoms with van der Waals surface area (Å²) in [5.74, 6) is -0.555. The van der Waals surface area contributed by atoms with E-state index in [-0.39, 0.29) is 5.91 Å². The molecule has 1 amide bonds. The Morgan fingerprint density at radius 2 is 2.46 bits per heavy atom. The molecular weight excluding hydrogens is 164 g/mol. The maximum atomic E-state index is 11.6. The summed E-state index contributed by atoms with van der Waals surface area (Å²) in [6, 6.07) is 1.97. The van der Waals surface area contributed by atoms with Gasteiger partial charge < -0.3 is 4.90 Å². The molecule has 3 heteroatoms. The van der Waals surface area contributed by atoms with Gasteiger partial charge in [-0.2, -0.15) is 5.26 Å². The van der Waals surface area contributed by atoms with Gasteiger partial charge in [-0.05, 0) is 20.3 Å². The van der Waals surface area contributed by atoms with Gasteiger partial charge in [-0.15, -0.1) is 0 Å². The maximum Gasteiger partial charge on any atom is 0.239 e. The van der Waals surface area contributed by atoms with Crippen LogP contribution in [0.25, 0.3) is 0 Å². The molecule has 0 aromatic heterocycles. The average molecular weight is 178 g/mol. The molecule has 1 atom stereocenters. The number of carbonyl (C=O) groups is 1. The Hall–Kier alpha value is -1.30. The third-order valence-electron chi connectivity index (χ3n) is 2.21. The first-order valence-corrected chi connectivity index (χ1v) is 4.49. The van der Waals surface area contributed by atoms with E-state index in [2.05, 4.69) is 6.08 Å². The summed E-state index contributed by atoms with van der Waals surface area (Å²) in [6.07, 6.45) is 3.05. The van der Waals surface area contributed by atoms with Crippen LogP contribution in [0.3, 0.4) is 0 Å². The second-order valence-electron chi connectivity index (χ2n) is 3.45. The molecular formula is C10H14N2O. The molecule has 3 nitrogen and oxygen atoms in total. The average Bonchev–Trinajstić information content (AvgIpc) is 2.15. The van der Waals surface area contributed by atoms with Crippen LogP contribution in [-0.4, -0.2) is 23.9 Å². The Bertz CT molecular complexity index is 275. The van der Waals surface area contributed by atoms with Gasteiger partial charge in [0.05, 0.1) is 6.07 Å². The van der Waals surface area contributed by atoms with Crippen molar-refractivity contribution >= 4 is 5.91 Å². The molecule has 1 heterocycles. The van der Waals surface area contributed by atoms with Crippen LogP contribution in [0.2, 0.25) is 0 Å². The topological polar surface area (TPSA) is 44.1 Å². The van der Waals surface area contributed by atoms with Crippen LogP contribution in [0.4, 0.5) is 0 Å². The van der Waals surface area contributed by atoms with Crippen LogP contribution >= 0.6 is 0 Å². The summed E-state index contributed by atoms with van der Waals surface area (Å²) in [4.78, 5) is 13.3. The van der Waals surface area contributed by atoms with Crippen molar-refractivity contribution < 1.29 is 4.79 Å². The van der Waals surface area contributed by atoms with E-state index >= 15 is 0 Å². The zero-order valence-corrected chi connectivity index (χ0v) is 8.08. The minimum Gasteiger partial charge on any atom is -0.337 e. The molecule has 13 heavy (non-hydrogen) atoms. The first-order valence-electron chi connectivity index (χ1n) is 4.49. The zero-order chi connectivity index (χ0) is 9.84.